The quantitative estimate of drug-likeness (QED) is 0.509. The molecular formula is C21H26N4O3. The van der Waals surface area contributed by atoms with Gasteiger partial charge in [-0.3, -0.25) is 5.10 Å². The number of imidazole rings is 1. The number of methoxy groups -OCH3 is 2. The lowest BCUT2D eigenvalue weighted by molar-refractivity contribution is 0.0602. The van der Waals surface area contributed by atoms with Crippen LogP contribution in [0, 0.1) is 0 Å². The van der Waals surface area contributed by atoms with Crippen LogP contribution in [0.1, 0.15) is 48.9 Å². The zero-order chi connectivity index (χ0) is 19.5. The highest BCUT2D eigenvalue weighted by molar-refractivity contribution is 5.97. The van der Waals surface area contributed by atoms with Crippen molar-refractivity contribution >= 4 is 17.4 Å². The maximum absolute atomic E-state index is 12.1. The summed E-state index contributed by atoms with van der Waals surface area (Å²) >= 11 is 0. The molecule has 0 radical (unpaired) electrons. The molecular weight excluding hydrogens is 356 g/mol. The van der Waals surface area contributed by atoms with Crippen LogP contribution >= 0.6 is 0 Å². The lowest BCUT2D eigenvalue weighted by Crippen LogP contribution is -2.20. The Hall–Kier alpha value is -2.96. The summed E-state index contributed by atoms with van der Waals surface area (Å²) in [6.45, 7) is 0. The molecule has 0 amide bonds. The zero-order valence-electron chi connectivity index (χ0n) is 16.3. The lowest BCUT2D eigenvalue weighted by atomic mass is 10.1. The Morgan fingerprint density at radius 3 is 2.50 bits per heavy atom. The van der Waals surface area contributed by atoms with E-state index in [1.165, 1.54) is 32.8 Å². The number of nitrogens with zero attached hydrogens (tertiary/aromatic N) is 2. The maximum Gasteiger partial charge on any atom is 0.343 e. The number of nitrogens with one attached hydrogen (secondary N) is 2. The largest absolute Gasteiger partial charge is 0.497 e. The zero-order valence-corrected chi connectivity index (χ0v) is 16.3. The predicted octanol–water partition coefficient (Wildman–Crippen LogP) is 4.26. The molecule has 0 bridgehead atoms. The van der Waals surface area contributed by atoms with Gasteiger partial charge in [-0.1, -0.05) is 25.7 Å². The predicted molar refractivity (Wildman–Crippen MR) is 108 cm³/mol. The monoisotopic (exact) mass is 382 g/mol. The summed E-state index contributed by atoms with van der Waals surface area (Å²) in [5.74, 6) is 1.27. The smallest absolute Gasteiger partial charge is 0.343 e. The van der Waals surface area contributed by atoms with Crippen molar-refractivity contribution < 1.29 is 14.3 Å². The van der Waals surface area contributed by atoms with E-state index in [0.717, 1.165) is 35.7 Å². The van der Waals surface area contributed by atoms with Gasteiger partial charge in [0.1, 0.15) is 17.0 Å². The Labute approximate surface area is 164 Å². The van der Waals surface area contributed by atoms with E-state index in [2.05, 4.69) is 10.4 Å². The van der Waals surface area contributed by atoms with Gasteiger partial charge < -0.3 is 14.8 Å². The number of esters is 1. The molecule has 1 aliphatic carbocycles. The summed E-state index contributed by atoms with van der Waals surface area (Å²) < 4.78 is 12.0. The number of aromatic nitrogens is 3. The van der Waals surface area contributed by atoms with Gasteiger partial charge in [0.25, 0.3) is 0 Å². The van der Waals surface area contributed by atoms with E-state index in [1.807, 2.05) is 28.8 Å². The first-order valence-corrected chi connectivity index (χ1v) is 9.80. The fourth-order valence-corrected chi connectivity index (χ4v) is 3.88. The fourth-order valence-electron chi connectivity index (χ4n) is 3.88. The molecule has 1 fully saturated rings. The SMILES string of the molecule is COC(=O)c1c[nH]n2c(NC3CCCCCC3)c(-c3ccc(OC)cc3)nc12. The first kappa shape index (κ1) is 18.4. The topological polar surface area (TPSA) is 80.7 Å². The molecule has 3 aromatic rings. The molecule has 4 rings (SSSR count). The van der Waals surface area contributed by atoms with Crippen molar-refractivity contribution in [2.24, 2.45) is 0 Å². The highest BCUT2D eigenvalue weighted by atomic mass is 16.5. The van der Waals surface area contributed by atoms with Crippen molar-refractivity contribution in [1.29, 1.82) is 0 Å². The maximum atomic E-state index is 12.1. The molecule has 0 atom stereocenters. The molecule has 1 aliphatic rings. The number of H-pyrrole nitrogens is 1. The number of rotatable bonds is 5. The van der Waals surface area contributed by atoms with E-state index >= 15 is 0 Å². The average molecular weight is 382 g/mol. The van der Waals surface area contributed by atoms with Gasteiger partial charge >= 0.3 is 5.97 Å². The Morgan fingerprint density at radius 1 is 1.14 bits per heavy atom. The second-order valence-corrected chi connectivity index (χ2v) is 7.21. The molecule has 2 aromatic heterocycles. The lowest BCUT2D eigenvalue weighted by Gasteiger charge is -2.18. The van der Waals surface area contributed by atoms with Crippen LogP contribution in [0.2, 0.25) is 0 Å². The van der Waals surface area contributed by atoms with Gasteiger partial charge in [0, 0.05) is 17.8 Å². The summed E-state index contributed by atoms with van der Waals surface area (Å²) in [6.07, 6.45) is 8.97. The Morgan fingerprint density at radius 2 is 1.86 bits per heavy atom. The number of anilines is 1. The third-order valence-electron chi connectivity index (χ3n) is 5.42. The van der Waals surface area contributed by atoms with E-state index in [4.69, 9.17) is 14.5 Å². The molecule has 1 aromatic carbocycles. The molecule has 7 heteroatoms. The van der Waals surface area contributed by atoms with Crippen LogP contribution in [-0.2, 0) is 4.74 Å². The molecule has 0 saturated heterocycles. The number of aromatic amines is 1. The van der Waals surface area contributed by atoms with Gasteiger partial charge in [0.05, 0.1) is 14.2 Å². The van der Waals surface area contributed by atoms with Crippen molar-refractivity contribution in [3.8, 4) is 17.0 Å². The standard InChI is InChI=1S/C21H26N4O3/c1-27-16-11-9-14(10-12-16)18-20(23-15-7-5-3-4-6-8-15)25-19(24-18)17(13-22-25)21(26)28-2/h9-13,15,22-23H,3-8H2,1-2H3. The van der Waals surface area contributed by atoms with Crippen LogP contribution in [0.15, 0.2) is 30.5 Å². The molecule has 1 saturated carbocycles. The minimum Gasteiger partial charge on any atom is -0.497 e. The number of carbonyl (C=O) groups excluding carboxylic acids is 1. The van der Waals surface area contributed by atoms with Gasteiger partial charge in [-0.25, -0.2) is 14.3 Å². The number of fused-ring (bicyclic) bond motifs is 1. The number of ether oxygens (including phenoxy) is 2. The van der Waals surface area contributed by atoms with Crippen molar-refractivity contribution in [2.75, 3.05) is 19.5 Å². The van der Waals surface area contributed by atoms with Crippen LogP contribution < -0.4 is 10.1 Å². The first-order valence-electron chi connectivity index (χ1n) is 9.80. The van der Waals surface area contributed by atoms with Gasteiger partial charge in [0.2, 0.25) is 0 Å². The summed E-state index contributed by atoms with van der Waals surface area (Å²) in [7, 11) is 3.03. The van der Waals surface area contributed by atoms with Gasteiger partial charge in [-0.2, -0.15) is 0 Å². The minimum atomic E-state index is -0.404. The molecule has 2 heterocycles. The van der Waals surface area contributed by atoms with Crippen LogP contribution in [-0.4, -0.2) is 40.8 Å². The minimum absolute atomic E-state index is 0.393. The van der Waals surface area contributed by atoms with Crippen molar-refractivity contribution in [1.82, 2.24) is 14.6 Å². The Bertz CT molecular complexity index is 950. The van der Waals surface area contributed by atoms with Gasteiger partial charge in [-0.05, 0) is 37.1 Å². The Balaban J connectivity index is 1.78. The van der Waals surface area contributed by atoms with E-state index in [0.29, 0.717) is 17.3 Å². The molecule has 148 valence electrons. The van der Waals surface area contributed by atoms with Crippen LogP contribution in [0.5, 0.6) is 5.75 Å². The second-order valence-electron chi connectivity index (χ2n) is 7.21. The second kappa shape index (κ2) is 7.96. The number of hydrogen-bond acceptors (Lipinski definition) is 5. The van der Waals surface area contributed by atoms with Gasteiger partial charge in [-0.15, -0.1) is 0 Å². The summed E-state index contributed by atoms with van der Waals surface area (Å²) in [5, 5.41) is 6.85. The average Bonchev–Trinajstić information content (AvgIpc) is 3.18. The molecule has 28 heavy (non-hydrogen) atoms. The molecule has 0 aliphatic heterocycles. The summed E-state index contributed by atoms with van der Waals surface area (Å²) in [4.78, 5) is 16.9. The normalized spacial score (nSPS) is 15.4. The van der Waals surface area contributed by atoms with Gasteiger partial charge in [0.15, 0.2) is 11.5 Å². The van der Waals surface area contributed by atoms with Crippen LogP contribution in [0.25, 0.3) is 16.9 Å². The molecule has 0 unspecified atom stereocenters. The molecule has 2 N–H and O–H groups in total. The highest BCUT2D eigenvalue weighted by Crippen LogP contribution is 2.33. The molecule has 7 nitrogen and oxygen atoms in total. The van der Waals surface area contributed by atoms with Crippen molar-refractivity contribution in [2.45, 2.75) is 44.6 Å². The van der Waals surface area contributed by atoms with Crippen LogP contribution in [0.3, 0.4) is 0 Å². The van der Waals surface area contributed by atoms with E-state index in [-0.39, 0.29) is 0 Å². The van der Waals surface area contributed by atoms with E-state index in [9.17, 15) is 4.79 Å². The van der Waals surface area contributed by atoms with E-state index < -0.39 is 5.97 Å². The van der Waals surface area contributed by atoms with E-state index in [1.54, 1.807) is 13.3 Å². The van der Waals surface area contributed by atoms with Crippen LogP contribution in [0.4, 0.5) is 5.82 Å². The number of benzene rings is 1. The van der Waals surface area contributed by atoms with Crippen molar-refractivity contribution in [3.63, 3.8) is 0 Å². The third-order valence-corrected chi connectivity index (χ3v) is 5.42. The highest BCUT2D eigenvalue weighted by Gasteiger charge is 2.23. The molecule has 0 spiro atoms. The number of hydrogen-bond donors (Lipinski definition) is 2. The first-order chi connectivity index (χ1) is 13.7. The summed E-state index contributed by atoms with van der Waals surface area (Å²) in [6, 6.07) is 8.19. The fraction of sp³-hybridized carbons (Fsp3) is 0.429. The third kappa shape index (κ3) is 3.44. The number of carbonyl (C=O) groups is 1. The Kier molecular flexibility index (Phi) is 5.23. The van der Waals surface area contributed by atoms with Crippen molar-refractivity contribution in [3.05, 3.63) is 36.0 Å². The summed E-state index contributed by atoms with van der Waals surface area (Å²) in [5.41, 5.74) is 2.76.